The normalized spacial score (nSPS) is 13.6. The van der Waals surface area contributed by atoms with Gasteiger partial charge in [0.25, 0.3) is 11.6 Å². The predicted octanol–water partition coefficient (Wildman–Crippen LogP) is 3.85. The van der Waals surface area contributed by atoms with Crippen LogP contribution in [-0.2, 0) is 6.54 Å². The molecule has 0 aromatic heterocycles. The van der Waals surface area contributed by atoms with E-state index in [-0.39, 0.29) is 30.0 Å². The Labute approximate surface area is 138 Å². The van der Waals surface area contributed by atoms with Crippen molar-refractivity contribution in [1.29, 1.82) is 0 Å². The molecule has 6 heteroatoms. The second-order valence-corrected chi connectivity index (χ2v) is 5.96. The van der Waals surface area contributed by atoms with Crippen LogP contribution in [0.15, 0.2) is 42.5 Å². The maximum Gasteiger partial charge on any atom is 0.273 e. The van der Waals surface area contributed by atoms with Crippen LogP contribution in [0, 0.1) is 22.9 Å². The number of nitrogens with zero attached hydrogens (tertiary/aromatic N) is 2. The molecule has 0 spiro atoms. The number of amides is 1. The lowest BCUT2D eigenvalue weighted by atomic mass is 10.0. The molecule has 5 nitrogen and oxygen atoms in total. The molecule has 2 aromatic rings. The van der Waals surface area contributed by atoms with E-state index in [1.165, 1.54) is 18.2 Å². The largest absolute Gasteiger partial charge is 0.331 e. The molecule has 0 aliphatic heterocycles. The highest BCUT2D eigenvalue weighted by Crippen LogP contribution is 2.32. The third-order valence-corrected chi connectivity index (χ3v) is 4.28. The summed E-state index contributed by atoms with van der Waals surface area (Å²) in [4.78, 5) is 25.1. The lowest BCUT2D eigenvalue weighted by molar-refractivity contribution is -0.385. The van der Waals surface area contributed by atoms with E-state index in [1.54, 1.807) is 36.1 Å². The fraction of sp³-hybridized carbons (Fsp3) is 0.278. The molecule has 0 N–H and O–H groups in total. The van der Waals surface area contributed by atoms with Gasteiger partial charge in [0.15, 0.2) is 0 Å². The number of hydrogen-bond acceptors (Lipinski definition) is 3. The molecule has 3 rings (SSSR count). The smallest absolute Gasteiger partial charge is 0.273 e. The van der Waals surface area contributed by atoms with Gasteiger partial charge in [0.05, 0.1) is 4.92 Å². The number of benzene rings is 2. The van der Waals surface area contributed by atoms with Gasteiger partial charge in [0.1, 0.15) is 5.82 Å². The quantitative estimate of drug-likeness (QED) is 0.618. The SMILES string of the molecule is Cc1c(C(=O)N(Cc2ccccc2F)C2CC2)cccc1[N+](=O)[O-]. The van der Waals surface area contributed by atoms with Crippen molar-refractivity contribution in [2.24, 2.45) is 0 Å². The summed E-state index contributed by atoms with van der Waals surface area (Å²) in [6, 6.07) is 10.9. The molecule has 0 saturated heterocycles. The molecule has 1 amide bonds. The van der Waals surface area contributed by atoms with E-state index in [0.29, 0.717) is 16.7 Å². The van der Waals surface area contributed by atoms with Gasteiger partial charge in [-0.2, -0.15) is 0 Å². The summed E-state index contributed by atoms with van der Waals surface area (Å²) < 4.78 is 13.9. The highest BCUT2D eigenvalue weighted by molar-refractivity contribution is 5.97. The summed E-state index contributed by atoms with van der Waals surface area (Å²) in [6.07, 6.45) is 1.74. The zero-order chi connectivity index (χ0) is 17.3. The maximum atomic E-state index is 13.9. The zero-order valence-corrected chi connectivity index (χ0v) is 13.2. The number of nitro benzene ring substituents is 1. The number of nitro groups is 1. The molecule has 0 unspecified atom stereocenters. The first-order chi connectivity index (χ1) is 11.5. The first kappa shape index (κ1) is 16.1. The molecule has 2 aromatic carbocycles. The van der Waals surface area contributed by atoms with Gasteiger partial charge in [-0.25, -0.2) is 4.39 Å². The van der Waals surface area contributed by atoms with Crippen molar-refractivity contribution in [2.45, 2.75) is 32.4 Å². The topological polar surface area (TPSA) is 63.5 Å². The van der Waals surface area contributed by atoms with E-state index < -0.39 is 4.92 Å². The van der Waals surface area contributed by atoms with E-state index in [9.17, 15) is 19.3 Å². The third-order valence-electron chi connectivity index (χ3n) is 4.28. The molecular weight excluding hydrogens is 311 g/mol. The van der Waals surface area contributed by atoms with Gasteiger partial charge in [-0.05, 0) is 31.9 Å². The van der Waals surface area contributed by atoms with E-state index >= 15 is 0 Å². The van der Waals surface area contributed by atoms with Crippen LogP contribution in [0.25, 0.3) is 0 Å². The van der Waals surface area contributed by atoms with Crippen molar-refractivity contribution in [2.75, 3.05) is 0 Å². The Kier molecular flexibility index (Phi) is 4.29. The minimum absolute atomic E-state index is 0.0655. The lowest BCUT2D eigenvalue weighted by Gasteiger charge is -2.23. The molecule has 1 saturated carbocycles. The zero-order valence-electron chi connectivity index (χ0n) is 13.2. The summed E-state index contributed by atoms with van der Waals surface area (Å²) in [5.41, 5.74) is 1.00. The van der Waals surface area contributed by atoms with E-state index in [0.717, 1.165) is 12.8 Å². The predicted molar refractivity (Wildman–Crippen MR) is 87.1 cm³/mol. The molecule has 124 valence electrons. The fourth-order valence-electron chi connectivity index (χ4n) is 2.77. The Hall–Kier alpha value is -2.76. The van der Waals surface area contributed by atoms with E-state index in [2.05, 4.69) is 0 Å². The average Bonchev–Trinajstić information content (AvgIpc) is 3.38. The molecule has 1 aliphatic rings. The second-order valence-electron chi connectivity index (χ2n) is 5.96. The van der Waals surface area contributed by atoms with E-state index in [1.807, 2.05) is 0 Å². The van der Waals surface area contributed by atoms with Gasteiger partial charge in [-0.15, -0.1) is 0 Å². The monoisotopic (exact) mass is 328 g/mol. The van der Waals surface area contributed by atoms with Crippen LogP contribution >= 0.6 is 0 Å². The molecule has 1 fully saturated rings. The minimum atomic E-state index is -0.496. The van der Waals surface area contributed by atoms with Crippen LogP contribution in [-0.4, -0.2) is 21.8 Å². The Balaban J connectivity index is 1.93. The highest BCUT2D eigenvalue weighted by atomic mass is 19.1. The number of halogens is 1. The Morgan fingerprint density at radius 2 is 1.96 bits per heavy atom. The molecular formula is C18H17FN2O3. The van der Waals surface area contributed by atoms with Gasteiger partial charge in [0.2, 0.25) is 0 Å². The van der Waals surface area contributed by atoms with Gasteiger partial charge in [0, 0.05) is 35.3 Å². The molecule has 1 aliphatic carbocycles. The molecule has 0 heterocycles. The molecule has 24 heavy (non-hydrogen) atoms. The third kappa shape index (κ3) is 3.13. The molecule has 0 bridgehead atoms. The summed E-state index contributed by atoms with van der Waals surface area (Å²) >= 11 is 0. The van der Waals surface area contributed by atoms with Crippen LogP contribution in [0.1, 0.15) is 34.3 Å². The highest BCUT2D eigenvalue weighted by Gasteiger charge is 2.34. The first-order valence-electron chi connectivity index (χ1n) is 7.77. The summed E-state index contributed by atoms with van der Waals surface area (Å²) in [6.45, 7) is 1.73. The number of hydrogen-bond donors (Lipinski definition) is 0. The fourth-order valence-corrected chi connectivity index (χ4v) is 2.77. The number of carbonyl (C=O) groups excluding carboxylic acids is 1. The Bertz CT molecular complexity index is 803. The minimum Gasteiger partial charge on any atom is -0.331 e. The first-order valence-corrected chi connectivity index (χ1v) is 7.77. The van der Waals surface area contributed by atoms with Gasteiger partial charge >= 0.3 is 0 Å². The van der Waals surface area contributed by atoms with Crippen molar-refractivity contribution in [1.82, 2.24) is 4.90 Å². The van der Waals surface area contributed by atoms with Crippen molar-refractivity contribution in [3.63, 3.8) is 0 Å². The Morgan fingerprint density at radius 1 is 1.25 bits per heavy atom. The summed E-state index contributed by atoms with van der Waals surface area (Å²) in [5, 5.41) is 11.1. The van der Waals surface area contributed by atoms with Crippen LogP contribution in [0.5, 0.6) is 0 Å². The van der Waals surface area contributed by atoms with Crippen molar-refractivity contribution < 1.29 is 14.1 Å². The average molecular weight is 328 g/mol. The van der Waals surface area contributed by atoms with Gasteiger partial charge < -0.3 is 4.90 Å². The van der Waals surface area contributed by atoms with Crippen LogP contribution in [0.4, 0.5) is 10.1 Å². The van der Waals surface area contributed by atoms with Crippen LogP contribution in [0.2, 0.25) is 0 Å². The van der Waals surface area contributed by atoms with Crippen LogP contribution < -0.4 is 0 Å². The van der Waals surface area contributed by atoms with Gasteiger partial charge in [-0.3, -0.25) is 14.9 Å². The summed E-state index contributed by atoms with van der Waals surface area (Å²) in [7, 11) is 0. The molecule has 0 atom stereocenters. The number of carbonyl (C=O) groups is 1. The van der Waals surface area contributed by atoms with E-state index in [4.69, 9.17) is 0 Å². The lowest BCUT2D eigenvalue weighted by Crippen LogP contribution is -2.33. The van der Waals surface area contributed by atoms with Crippen molar-refractivity contribution in [3.05, 3.63) is 75.1 Å². The summed E-state index contributed by atoms with van der Waals surface area (Å²) in [5.74, 6) is -0.645. The van der Waals surface area contributed by atoms with Crippen molar-refractivity contribution >= 4 is 11.6 Å². The Morgan fingerprint density at radius 3 is 2.58 bits per heavy atom. The van der Waals surface area contributed by atoms with Crippen molar-refractivity contribution in [3.8, 4) is 0 Å². The number of rotatable bonds is 5. The van der Waals surface area contributed by atoms with Gasteiger partial charge in [-0.1, -0.05) is 24.3 Å². The maximum absolute atomic E-state index is 13.9. The molecule has 0 radical (unpaired) electrons. The second kappa shape index (κ2) is 6.39. The standard InChI is InChI=1S/C18H17FN2O3/c1-12-15(6-4-8-17(12)21(23)24)18(22)20(14-9-10-14)11-13-5-2-3-7-16(13)19/h2-8,14H,9-11H2,1H3. The van der Waals surface area contributed by atoms with Crippen LogP contribution in [0.3, 0.4) is 0 Å².